The highest BCUT2D eigenvalue weighted by Gasteiger charge is 2.14. The van der Waals surface area contributed by atoms with Crippen molar-refractivity contribution in [3.05, 3.63) is 67.1 Å². The standard InChI is InChI=1S/C16H13N5O2S/c17-24(22,23)14-5-1-4-13(11-14)20-10-9-18-16(20)15-6-2-3-12-7-8-19-21(12)15/h1-11H,(H2,17,22,23). The molecular weight excluding hydrogens is 326 g/mol. The van der Waals surface area contributed by atoms with Gasteiger partial charge >= 0.3 is 0 Å². The Balaban J connectivity index is 1.92. The highest BCUT2D eigenvalue weighted by atomic mass is 32.2. The SMILES string of the molecule is NS(=O)(=O)c1cccc(-n2ccnc2-c2cccc3ccnn23)c1. The molecule has 0 spiro atoms. The molecule has 0 saturated carbocycles. The minimum absolute atomic E-state index is 0.0527. The first-order chi connectivity index (χ1) is 11.5. The van der Waals surface area contributed by atoms with Crippen LogP contribution in [0.1, 0.15) is 0 Å². The van der Waals surface area contributed by atoms with Crippen LogP contribution < -0.4 is 5.14 Å². The first kappa shape index (κ1) is 14.6. The Labute approximate surface area is 138 Å². The molecule has 4 aromatic rings. The number of nitrogens with two attached hydrogens (primary N) is 1. The minimum Gasteiger partial charge on any atom is -0.298 e. The second kappa shape index (κ2) is 5.29. The molecule has 0 aliphatic carbocycles. The summed E-state index contributed by atoms with van der Waals surface area (Å²) in [4.78, 5) is 4.46. The maximum atomic E-state index is 11.6. The Morgan fingerprint density at radius 2 is 1.83 bits per heavy atom. The maximum absolute atomic E-state index is 11.6. The van der Waals surface area contributed by atoms with Gasteiger partial charge in [0.05, 0.1) is 16.6 Å². The number of hydrogen-bond donors (Lipinski definition) is 1. The summed E-state index contributed by atoms with van der Waals surface area (Å²) in [5, 5.41) is 9.54. The molecule has 0 atom stereocenters. The topological polar surface area (TPSA) is 95.3 Å². The van der Waals surface area contributed by atoms with E-state index in [1.165, 1.54) is 12.1 Å². The van der Waals surface area contributed by atoms with Crippen LogP contribution in [0.15, 0.2) is 72.0 Å². The van der Waals surface area contributed by atoms with E-state index in [1.807, 2.05) is 24.3 Å². The van der Waals surface area contributed by atoms with Crippen molar-refractivity contribution in [2.75, 3.05) is 0 Å². The summed E-state index contributed by atoms with van der Waals surface area (Å²) >= 11 is 0. The van der Waals surface area contributed by atoms with E-state index in [4.69, 9.17) is 5.14 Å². The van der Waals surface area contributed by atoms with Gasteiger partial charge in [0.1, 0.15) is 5.69 Å². The van der Waals surface area contributed by atoms with Gasteiger partial charge in [-0.05, 0) is 36.4 Å². The number of pyridine rings is 1. The molecule has 0 bridgehead atoms. The van der Waals surface area contributed by atoms with E-state index in [9.17, 15) is 8.42 Å². The van der Waals surface area contributed by atoms with Crippen LogP contribution in [0, 0.1) is 0 Å². The van der Waals surface area contributed by atoms with E-state index in [0.29, 0.717) is 11.5 Å². The average Bonchev–Trinajstić information content (AvgIpc) is 3.23. The number of nitrogens with zero attached hydrogens (tertiary/aromatic N) is 4. The predicted octanol–water partition coefficient (Wildman–Crippen LogP) is 1.83. The van der Waals surface area contributed by atoms with Crippen molar-refractivity contribution < 1.29 is 8.42 Å². The number of hydrogen-bond acceptors (Lipinski definition) is 4. The van der Waals surface area contributed by atoms with Crippen LogP contribution in [0.5, 0.6) is 0 Å². The number of primary sulfonamides is 1. The lowest BCUT2D eigenvalue weighted by Crippen LogP contribution is -2.12. The van der Waals surface area contributed by atoms with Crippen molar-refractivity contribution in [2.24, 2.45) is 5.14 Å². The van der Waals surface area contributed by atoms with Gasteiger partial charge in [-0.25, -0.2) is 23.1 Å². The summed E-state index contributed by atoms with van der Waals surface area (Å²) in [7, 11) is -3.77. The van der Waals surface area contributed by atoms with E-state index in [2.05, 4.69) is 10.1 Å². The van der Waals surface area contributed by atoms with Crippen LogP contribution in [0.4, 0.5) is 0 Å². The molecule has 24 heavy (non-hydrogen) atoms. The molecule has 8 heteroatoms. The van der Waals surface area contributed by atoms with Gasteiger partial charge in [-0.2, -0.15) is 5.10 Å². The van der Waals surface area contributed by atoms with Crippen LogP contribution in [-0.2, 0) is 10.0 Å². The van der Waals surface area contributed by atoms with E-state index < -0.39 is 10.0 Å². The molecule has 0 aliphatic heterocycles. The third-order valence-corrected chi connectivity index (χ3v) is 4.63. The fourth-order valence-corrected chi connectivity index (χ4v) is 3.18. The number of rotatable bonds is 3. The lowest BCUT2D eigenvalue weighted by molar-refractivity contribution is 0.597. The Kier molecular flexibility index (Phi) is 3.22. The Morgan fingerprint density at radius 3 is 2.67 bits per heavy atom. The zero-order chi connectivity index (χ0) is 16.7. The molecule has 0 radical (unpaired) electrons. The molecule has 0 saturated heterocycles. The van der Waals surface area contributed by atoms with Crippen LogP contribution in [0.25, 0.3) is 22.7 Å². The quantitative estimate of drug-likeness (QED) is 0.616. The van der Waals surface area contributed by atoms with Crippen molar-refractivity contribution in [2.45, 2.75) is 4.90 Å². The number of fused-ring (bicyclic) bond motifs is 1. The molecule has 3 aromatic heterocycles. The molecule has 1 aromatic carbocycles. The molecule has 0 aliphatic rings. The van der Waals surface area contributed by atoms with Crippen LogP contribution in [0.3, 0.4) is 0 Å². The first-order valence-corrected chi connectivity index (χ1v) is 8.68. The number of imidazole rings is 1. The molecule has 0 unspecified atom stereocenters. The van der Waals surface area contributed by atoms with Gasteiger partial charge < -0.3 is 0 Å². The molecule has 7 nitrogen and oxygen atoms in total. The summed E-state index contributed by atoms with van der Waals surface area (Å²) in [6, 6.07) is 14.1. The Morgan fingerprint density at radius 1 is 1.00 bits per heavy atom. The van der Waals surface area contributed by atoms with Gasteiger partial charge in [0.25, 0.3) is 0 Å². The molecule has 0 fully saturated rings. The van der Waals surface area contributed by atoms with E-state index in [1.54, 1.807) is 39.8 Å². The largest absolute Gasteiger partial charge is 0.298 e. The number of aromatic nitrogens is 4. The lowest BCUT2D eigenvalue weighted by Gasteiger charge is -2.10. The molecule has 4 rings (SSSR count). The molecular formula is C16H13N5O2S. The average molecular weight is 339 g/mol. The van der Waals surface area contributed by atoms with Gasteiger partial charge in [0.15, 0.2) is 5.82 Å². The highest BCUT2D eigenvalue weighted by Crippen LogP contribution is 2.23. The van der Waals surface area contributed by atoms with Crippen LogP contribution in [0.2, 0.25) is 0 Å². The Hall–Kier alpha value is -2.97. The van der Waals surface area contributed by atoms with Crippen molar-refractivity contribution in [3.63, 3.8) is 0 Å². The van der Waals surface area contributed by atoms with Crippen molar-refractivity contribution in [1.82, 2.24) is 19.2 Å². The van der Waals surface area contributed by atoms with Crippen molar-refractivity contribution in [1.29, 1.82) is 0 Å². The number of sulfonamides is 1. The van der Waals surface area contributed by atoms with Crippen LogP contribution in [-0.4, -0.2) is 27.6 Å². The second-order valence-corrected chi connectivity index (χ2v) is 6.80. The van der Waals surface area contributed by atoms with Gasteiger partial charge in [0.2, 0.25) is 10.0 Å². The Bertz CT molecular complexity index is 1140. The monoisotopic (exact) mass is 339 g/mol. The molecule has 120 valence electrons. The van der Waals surface area contributed by atoms with Crippen LogP contribution >= 0.6 is 0 Å². The van der Waals surface area contributed by atoms with Crippen molar-refractivity contribution in [3.8, 4) is 17.2 Å². The summed E-state index contributed by atoms with van der Waals surface area (Å²) in [6.07, 6.45) is 5.13. The van der Waals surface area contributed by atoms with E-state index in [0.717, 1.165) is 11.2 Å². The lowest BCUT2D eigenvalue weighted by atomic mass is 10.3. The van der Waals surface area contributed by atoms with Gasteiger partial charge in [-0.15, -0.1) is 0 Å². The molecule has 2 N–H and O–H groups in total. The number of benzene rings is 1. The normalized spacial score (nSPS) is 11.9. The maximum Gasteiger partial charge on any atom is 0.238 e. The van der Waals surface area contributed by atoms with Gasteiger partial charge in [-0.1, -0.05) is 12.1 Å². The first-order valence-electron chi connectivity index (χ1n) is 7.14. The zero-order valence-corrected chi connectivity index (χ0v) is 13.3. The summed E-state index contributed by atoms with van der Waals surface area (Å²) in [5.74, 6) is 0.649. The zero-order valence-electron chi connectivity index (χ0n) is 12.4. The predicted molar refractivity (Wildman–Crippen MR) is 89.1 cm³/mol. The molecule has 0 amide bonds. The smallest absolute Gasteiger partial charge is 0.238 e. The van der Waals surface area contributed by atoms with E-state index in [-0.39, 0.29) is 4.90 Å². The minimum atomic E-state index is -3.77. The highest BCUT2D eigenvalue weighted by molar-refractivity contribution is 7.89. The van der Waals surface area contributed by atoms with E-state index >= 15 is 0 Å². The fraction of sp³-hybridized carbons (Fsp3) is 0. The summed E-state index contributed by atoms with van der Waals surface area (Å²) in [5.41, 5.74) is 2.39. The van der Waals surface area contributed by atoms with Crippen molar-refractivity contribution >= 4 is 15.5 Å². The second-order valence-electron chi connectivity index (χ2n) is 5.24. The summed E-state index contributed by atoms with van der Waals surface area (Å²) in [6.45, 7) is 0. The third kappa shape index (κ3) is 2.38. The van der Waals surface area contributed by atoms with Gasteiger partial charge in [-0.3, -0.25) is 4.57 Å². The van der Waals surface area contributed by atoms with Gasteiger partial charge in [0, 0.05) is 18.1 Å². The third-order valence-electron chi connectivity index (χ3n) is 3.72. The fourth-order valence-electron chi connectivity index (χ4n) is 2.63. The summed E-state index contributed by atoms with van der Waals surface area (Å²) < 4.78 is 26.8. The molecule has 3 heterocycles.